The third-order valence-electron chi connectivity index (χ3n) is 5.50. The summed E-state index contributed by atoms with van der Waals surface area (Å²) in [5.41, 5.74) is 2.99. The average Bonchev–Trinajstić information content (AvgIpc) is 2.68. The van der Waals surface area contributed by atoms with Gasteiger partial charge in [0.1, 0.15) is 0 Å². The SMILES string of the molecule is CC(C)(C)S(=O)(=O)Cc1ccc(C(=O)Cc2ccc(N3CCCCC3=O)cc2)cc1. The lowest BCUT2D eigenvalue weighted by molar-refractivity contribution is -0.119. The molecule has 0 saturated carbocycles. The number of carbonyl (C=O) groups is 2. The van der Waals surface area contributed by atoms with Crippen LogP contribution in [0.1, 0.15) is 61.5 Å². The molecule has 2 aromatic rings. The highest BCUT2D eigenvalue weighted by Crippen LogP contribution is 2.23. The van der Waals surface area contributed by atoms with Gasteiger partial charge in [-0.2, -0.15) is 0 Å². The predicted molar refractivity (Wildman–Crippen MR) is 119 cm³/mol. The number of piperidine rings is 1. The quantitative estimate of drug-likeness (QED) is 0.643. The van der Waals surface area contributed by atoms with E-state index in [0.717, 1.165) is 30.6 Å². The van der Waals surface area contributed by atoms with Crippen molar-refractivity contribution in [2.24, 2.45) is 0 Å². The van der Waals surface area contributed by atoms with Crippen molar-refractivity contribution in [2.45, 2.75) is 57.0 Å². The highest BCUT2D eigenvalue weighted by Gasteiger charge is 2.29. The lowest BCUT2D eigenvalue weighted by Gasteiger charge is -2.26. The fourth-order valence-corrected chi connectivity index (χ4v) is 4.45. The van der Waals surface area contributed by atoms with Crippen molar-refractivity contribution >= 4 is 27.2 Å². The van der Waals surface area contributed by atoms with E-state index in [1.165, 1.54) is 0 Å². The van der Waals surface area contributed by atoms with Crippen molar-refractivity contribution in [3.05, 3.63) is 65.2 Å². The first-order chi connectivity index (χ1) is 14.1. The topological polar surface area (TPSA) is 71.5 Å². The van der Waals surface area contributed by atoms with Crippen LogP contribution in [0.25, 0.3) is 0 Å². The second kappa shape index (κ2) is 8.72. The molecule has 1 aliphatic rings. The number of benzene rings is 2. The Morgan fingerprint density at radius 3 is 2.10 bits per heavy atom. The number of rotatable bonds is 6. The molecule has 160 valence electrons. The summed E-state index contributed by atoms with van der Waals surface area (Å²) in [5, 5.41) is 0. The number of carbonyl (C=O) groups excluding carboxylic acids is 2. The average molecular weight is 428 g/mol. The first-order valence-electron chi connectivity index (χ1n) is 10.3. The van der Waals surface area contributed by atoms with Crippen molar-refractivity contribution in [2.75, 3.05) is 11.4 Å². The van der Waals surface area contributed by atoms with E-state index in [4.69, 9.17) is 0 Å². The Morgan fingerprint density at radius 2 is 1.53 bits per heavy atom. The van der Waals surface area contributed by atoms with Crippen LogP contribution in [0.4, 0.5) is 5.69 Å². The summed E-state index contributed by atoms with van der Waals surface area (Å²) in [5.74, 6) is 0.0856. The molecule has 5 nitrogen and oxygen atoms in total. The first kappa shape index (κ1) is 22.2. The van der Waals surface area contributed by atoms with Gasteiger partial charge < -0.3 is 4.90 Å². The Balaban J connectivity index is 1.64. The Kier molecular flexibility index (Phi) is 6.46. The minimum Gasteiger partial charge on any atom is -0.312 e. The predicted octanol–water partition coefficient (Wildman–Crippen LogP) is 4.34. The van der Waals surface area contributed by atoms with Crippen LogP contribution < -0.4 is 4.90 Å². The number of nitrogens with zero attached hydrogens (tertiary/aromatic N) is 1. The zero-order chi connectivity index (χ0) is 21.9. The summed E-state index contributed by atoms with van der Waals surface area (Å²) < 4.78 is 23.9. The lowest BCUT2D eigenvalue weighted by atomic mass is 10.0. The van der Waals surface area contributed by atoms with Crippen LogP contribution in [0.2, 0.25) is 0 Å². The lowest BCUT2D eigenvalue weighted by Crippen LogP contribution is -2.35. The summed E-state index contributed by atoms with van der Waals surface area (Å²) in [6.07, 6.45) is 2.81. The fraction of sp³-hybridized carbons (Fsp3) is 0.417. The first-order valence-corrected chi connectivity index (χ1v) is 12.0. The minimum atomic E-state index is -3.26. The normalized spacial score (nSPS) is 15.3. The molecule has 0 aliphatic carbocycles. The Bertz CT molecular complexity index is 1020. The van der Waals surface area contributed by atoms with Gasteiger partial charge in [0.05, 0.1) is 10.5 Å². The van der Waals surface area contributed by atoms with E-state index >= 15 is 0 Å². The van der Waals surface area contributed by atoms with Crippen LogP contribution in [0.15, 0.2) is 48.5 Å². The van der Waals surface area contributed by atoms with Gasteiger partial charge in [0.2, 0.25) is 5.91 Å². The molecule has 1 fully saturated rings. The summed E-state index contributed by atoms with van der Waals surface area (Å²) in [6, 6.07) is 14.4. The van der Waals surface area contributed by atoms with Gasteiger partial charge in [0, 0.05) is 30.6 Å². The zero-order valence-electron chi connectivity index (χ0n) is 17.8. The van der Waals surface area contributed by atoms with Crippen molar-refractivity contribution in [3.8, 4) is 0 Å². The molecule has 0 atom stereocenters. The molecule has 1 saturated heterocycles. The van der Waals surface area contributed by atoms with Crippen LogP contribution >= 0.6 is 0 Å². The highest BCUT2D eigenvalue weighted by atomic mass is 32.2. The van der Waals surface area contributed by atoms with Crippen molar-refractivity contribution in [3.63, 3.8) is 0 Å². The molecule has 0 aromatic heterocycles. The van der Waals surface area contributed by atoms with Crippen LogP contribution in [0.3, 0.4) is 0 Å². The van der Waals surface area contributed by atoms with Crippen LogP contribution in [0, 0.1) is 0 Å². The smallest absolute Gasteiger partial charge is 0.226 e. The molecule has 2 aromatic carbocycles. The maximum atomic E-state index is 12.6. The van der Waals surface area contributed by atoms with E-state index in [2.05, 4.69) is 0 Å². The molecule has 0 bridgehead atoms. The second-order valence-electron chi connectivity index (χ2n) is 8.84. The highest BCUT2D eigenvalue weighted by molar-refractivity contribution is 7.91. The van der Waals surface area contributed by atoms with Gasteiger partial charge >= 0.3 is 0 Å². The van der Waals surface area contributed by atoms with Crippen molar-refractivity contribution in [1.29, 1.82) is 0 Å². The summed E-state index contributed by atoms with van der Waals surface area (Å²) in [7, 11) is -3.26. The van der Waals surface area contributed by atoms with E-state index in [-0.39, 0.29) is 23.9 Å². The largest absolute Gasteiger partial charge is 0.312 e. The van der Waals surface area contributed by atoms with Gasteiger partial charge in [0.15, 0.2) is 15.6 Å². The number of sulfone groups is 1. The van der Waals surface area contributed by atoms with Gasteiger partial charge in [-0.05, 0) is 56.9 Å². The maximum absolute atomic E-state index is 12.6. The van der Waals surface area contributed by atoms with Gasteiger partial charge in [0.25, 0.3) is 0 Å². The summed E-state index contributed by atoms with van der Waals surface area (Å²) >= 11 is 0. The van der Waals surface area contributed by atoms with Crippen LogP contribution in [-0.2, 0) is 26.8 Å². The van der Waals surface area contributed by atoms with E-state index in [0.29, 0.717) is 17.5 Å². The number of Topliss-reactive ketones (excluding diaryl/α,β-unsaturated/α-hetero) is 1. The minimum absolute atomic E-state index is 0.0259. The number of ketones is 1. The van der Waals surface area contributed by atoms with Gasteiger partial charge in [-0.1, -0.05) is 36.4 Å². The molecule has 0 spiro atoms. The van der Waals surface area contributed by atoms with Gasteiger partial charge in [-0.3, -0.25) is 9.59 Å². The summed E-state index contributed by atoms with van der Waals surface area (Å²) in [6.45, 7) is 5.81. The molecule has 3 rings (SSSR count). The van der Waals surface area contributed by atoms with E-state index < -0.39 is 14.6 Å². The second-order valence-corrected chi connectivity index (χ2v) is 11.6. The van der Waals surface area contributed by atoms with Crippen molar-refractivity contribution < 1.29 is 18.0 Å². The number of hydrogen-bond donors (Lipinski definition) is 0. The Labute approximate surface area is 179 Å². The van der Waals surface area contributed by atoms with Gasteiger partial charge in [-0.15, -0.1) is 0 Å². The zero-order valence-corrected chi connectivity index (χ0v) is 18.7. The number of anilines is 1. The summed E-state index contributed by atoms with van der Waals surface area (Å²) in [4.78, 5) is 26.5. The molecule has 0 N–H and O–H groups in total. The Hall–Kier alpha value is -2.47. The van der Waals surface area contributed by atoms with E-state index in [9.17, 15) is 18.0 Å². The number of hydrogen-bond acceptors (Lipinski definition) is 4. The molecule has 30 heavy (non-hydrogen) atoms. The Morgan fingerprint density at radius 1 is 0.933 bits per heavy atom. The van der Waals surface area contributed by atoms with Crippen LogP contribution in [-0.4, -0.2) is 31.4 Å². The van der Waals surface area contributed by atoms with E-state index in [1.807, 2.05) is 24.3 Å². The fourth-order valence-electron chi connectivity index (χ4n) is 3.38. The molecular formula is C24H29NO4S. The van der Waals surface area contributed by atoms with Crippen LogP contribution in [0.5, 0.6) is 0 Å². The maximum Gasteiger partial charge on any atom is 0.226 e. The van der Waals surface area contributed by atoms with Crippen molar-refractivity contribution in [1.82, 2.24) is 0 Å². The van der Waals surface area contributed by atoms with E-state index in [1.54, 1.807) is 49.9 Å². The molecule has 1 heterocycles. The molecule has 1 amide bonds. The number of amides is 1. The molecule has 0 unspecified atom stereocenters. The molecule has 0 radical (unpaired) electrons. The monoisotopic (exact) mass is 427 g/mol. The molecular weight excluding hydrogens is 398 g/mol. The third-order valence-corrected chi connectivity index (χ3v) is 8.08. The standard InChI is InChI=1S/C24H29NO4S/c1-24(2,3)30(28,29)17-19-7-11-20(12-8-19)22(26)16-18-9-13-21(14-10-18)25-15-5-4-6-23(25)27/h7-14H,4-6,15-17H2,1-3H3. The van der Waals surface area contributed by atoms with Gasteiger partial charge in [-0.25, -0.2) is 8.42 Å². The molecule has 1 aliphatic heterocycles. The third kappa shape index (κ3) is 5.17. The molecule has 6 heteroatoms.